The Kier molecular flexibility index (Phi) is 4.76. The largest absolute Gasteiger partial charge is 0.367 e. The average Bonchev–Trinajstić information content (AvgIpc) is 2.56. The van der Waals surface area contributed by atoms with Crippen LogP contribution in [0.15, 0.2) is 36.4 Å². The molecule has 0 atom stereocenters. The Morgan fingerprint density at radius 3 is 2.09 bits per heavy atom. The molecule has 1 fully saturated rings. The number of anilines is 3. The summed E-state index contributed by atoms with van der Waals surface area (Å²) in [6.45, 7) is 1.89. The highest BCUT2D eigenvalue weighted by Gasteiger charge is 2.20. The SMILES string of the molecule is NCc1ccc(Nc2cc(F)c(N3CCCCC3)c(F)c2)cc1. The van der Waals surface area contributed by atoms with E-state index in [4.69, 9.17) is 5.73 Å². The van der Waals surface area contributed by atoms with Gasteiger partial charge in [-0.1, -0.05) is 12.1 Å². The number of hydrogen-bond acceptors (Lipinski definition) is 3. The van der Waals surface area contributed by atoms with Gasteiger partial charge in [0.25, 0.3) is 0 Å². The Morgan fingerprint density at radius 2 is 1.52 bits per heavy atom. The number of halogens is 2. The van der Waals surface area contributed by atoms with Crippen molar-refractivity contribution in [1.82, 2.24) is 0 Å². The van der Waals surface area contributed by atoms with Crippen molar-refractivity contribution in [2.45, 2.75) is 25.8 Å². The van der Waals surface area contributed by atoms with E-state index in [2.05, 4.69) is 5.32 Å². The van der Waals surface area contributed by atoms with Crippen molar-refractivity contribution in [3.05, 3.63) is 53.6 Å². The molecule has 0 aliphatic carbocycles. The van der Waals surface area contributed by atoms with Crippen LogP contribution in [-0.4, -0.2) is 13.1 Å². The van der Waals surface area contributed by atoms with E-state index >= 15 is 0 Å². The van der Waals surface area contributed by atoms with Crippen molar-refractivity contribution < 1.29 is 8.78 Å². The molecule has 3 nitrogen and oxygen atoms in total. The molecule has 0 spiro atoms. The Labute approximate surface area is 135 Å². The lowest BCUT2D eigenvalue weighted by atomic mass is 10.1. The number of nitrogens with two attached hydrogens (primary N) is 1. The van der Waals surface area contributed by atoms with Gasteiger partial charge in [-0.3, -0.25) is 0 Å². The topological polar surface area (TPSA) is 41.3 Å². The first-order chi connectivity index (χ1) is 11.2. The third-order valence-electron chi connectivity index (χ3n) is 4.17. The summed E-state index contributed by atoms with van der Waals surface area (Å²) in [6.07, 6.45) is 3.08. The summed E-state index contributed by atoms with van der Waals surface area (Å²) >= 11 is 0. The van der Waals surface area contributed by atoms with E-state index in [1.54, 1.807) is 4.90 Å². The van der Waals surface area contributed by atoms with Crippen molar-refractivity contribution in [2.75, 3.05) is 23.3 Å². The highest BCUT2D eigenvalue weighted by molar-refractivity contribution is 5.64. The minimum Gasteiger partial charge on any atom is -0.367 e. The zero-order valence-electron chi connectivity index (χ0n) is 13.0. The molecule has 1 saturated heterocycles. The summed E-state index contributed by atoms with van der Waals surface area (Å²) in [7, 11) is 0. The Hall–Kier alpha value is -2.14. The molecule has 1 aliphatic rings. The minimum atomic E-state index is -0.520. The highest BCUT2D eigenvalue weighted by Crippen LogP contribution is 2.30. The van der Waals surface area contributed by atoms with Gasteiger partial charge in [-0.05, 0) is 49.1 Å². The zero-order valence-corrected chi connectivity index (χ0v) is 13.0. The molecule has 3 N–H and O–H groups in total. The fraction of sp³-hybridized carbons (Fsp3) is 0.333. The van der Waals surface area contributed by atoms with Crippen LogP contribution in [0.1, 0.15) is 24.8 Å². The maximum Gasteiger partial charge on any atom is 0.151 e. The molecule has 1 heterocycles. The molecule has 23 heavy (non-hydrogen) atoms. The molecule has 2 aromatic carbocycles. The quantitative estimate of drug-likeness (QED) is 0.890. The van der Waals surface area contributed by atoms with Gasteiger partial charge in [-0.15, -0.1) is 0 Å². The van der Waals surface area contributed by atoms with Crippen molar-refractivity contribution in [1.29, 1.82) is 0 Å². The normalized spacial score (nSPS) is 14.8. The second kappa shape index (κ2) is 6.96. The number of rotatable bonds is 4. The lowest BCUT2D eigenvalue weighted by Gasteiger charge is -2.29. The molecule has 0 saturated carbocycles. The number of nitrogens with one attached hydrogen (secondary N) is 1. The van der Waals surface area contributed by atoms with E-state index in [1.807, 2.05) is 24.3 Å². The van der Waals surface area contributed by atoms with Gasteiger partial charge < -0.3 is 16.0 Å². The fourth-order valence-electron chi connectivity index (χ4n) is 2.95. The van der Waals surface area contributed by atoms with Gasteiger partial charge in [-0.25, -0.2) is 8.78 Å². The third-order valence-corrected chi connectivity index (χ3v) is 4.17. The van der Waals surface area contributed by atoms with Crippen LogP contribution in [-0.2, 0) is 6.54 Å². The van der Waals surface area contributed by atoms with Crippen molar-refractivity contribution in [3.63, 3.8) is 0 Å². The summed E-state index contributed by atoms with van der Waals surface area (Å²) in [5.74, 6) is -1.04. The Bertz CT molecular complexity index is 641. The smallest absolute Gasteiger partial charge is 0.151 e. The molecular formula is C18H21F2N3. The van der Waals surface area contributed by atoms with Crippen LogP contribution in [0.4, 0.5) is 25.8 Å². The lowest BCUT2D eigenvalue weighted by Crippen LogP contribution is -2.31. The monoisotopic (exact) mass is 317 g/mol. The number of hydrogen-bond donors (Lipinski definition) is 2. The molecule has 0 aromatic heterocycles. The Morgan fingerprint density at radius 1 is 0.913 bits per heavy atom. The molecular weight excluding hydrogens is 296 g/mol. The first-order valence-corrected chi connectivity index (χ1v) is 7.97. The van der Waals surface area contributed by atoms with E-state index in [9.17, 15) is 8.78 Å². The van der Waals surface area contributed by atoms with Gasteiger partial charge >= 0.3 is 0 Å². The molecule has 5 heteroatoms. The summed E-state index contributed by atoms with van der Waals surface area (Å²) < 4.78 is 28.8. The van der Waals surface area contributed by atoms with Gasteiger partial charge in [0.1, 0.15) is 5.69 Å². The Balaban J connectivity index is 1.80. The second-order valence-electron chi connectivity index (χ2n) is 5.86. The van der Waals surface area contributed by atoms with Crippen LogP contribution in [0.5, 0.6) is 0 Å². The lowest BCUT2D eigenvalue weighted by molar-refractivity contribution is 0.531. The van der Waals surface area contributed by atoms with Crippen LogP contribution in [0.2, 0.25) is 0 Å². The molecule has 0 amide bonds. The summed E-state index contributed by atoms with van der Waals surface area (Å²) in [5, 5.41) is 3.03. The molecule has 2 aromatic rings. The van der Waals surface area contributed by atoms with Crippen molar-refractivity contribution in [2.24, 2.45) is 5.73 Å². The van der Waals surface area contributed by atoms with E-state index in [1.165, 1.54) is 12.1 Å². The van der Waals surface area contributed by atoms with Gasteiger partial charge in [0.2, 0.25) is 0 Å². The number of piperidine rings is 1. The van der Waals surface area contributed by atoms with E-state index < -0.39 is 11.6 Å². The molecule has 3 rings (SSSR count). The van der Waals surface area contributed by atoms with Gasteiger partial charge in [0, 0.05) is 31.0 Å². The van der Waals surface area contributed by atoms with Gasteiger partial charge in [0.15, 0.2) is 11.6 Å². The van der Waals surface area contributed by atoms with Crippen LogP contribution in [0.3, 0.4) is 0 Å². The first kappa shape index (κ1) is 15.7. The molecule has 0 bridgehead atoms. The van der Waals surface area contributed by atoms with Crippen molar-refractivity contribution in [3.8, 4) is 0 Å². The predicted octanol–water partition coefficient (Wildman–Crippen LogP) is 4.16. The van der Waals surface area contributed by atoms with E-state index in [0.29, 0.717) is 25.3 Å². The predicted molar refractivity (Wildman–Crippen MR) is 90.0 cm³/mol. The minimum absolute atomic E-state index is 0.0914. The molecule has 0 radical (unpaired) electrons. The van der Waals surface area contributed by atoms with Gasteiger partial charge in [-0.2, -0.15) is 0 Å². The van der Waals surface area contributed by atoms with E-state index in [-0.39, 0.29) is 5.69 Å². The van der Waals surface area contributed by atoms with Crippen LogP contribution in [0, 0.1) is 11.6 Å². The number of benzene rings is 2. The zero-order chi connectivity index (χ0) is 16.2. The first-order valence-electron chi connectivity index (χ1n) is 7.97. The molecule has 122 valence electrons. The maximum absolute atomic E-state index is 14.4. The summed E-state index contributed by atoms with van der Waals surface area (Å²) in [6, 6.07) is 10.2. The fourth-order valence-corrected chi connectivity index (χ4v) is 2.95. The van der Waals surface area contributed by atoms with Crippen LogP contribution >= 0.6 is 0 Å². The molecule has 1 aliphatic heterocycles. The van der Waals surface area contributed by atoms with E-state index in [0.717, 1.165) is 30.5 Å². The average molecular weight is 317 g/mol. The van der Waals surface area contributed by atoms with Crippen LogP contribution < -0.4 is 16.0 Å². The maximum atomic E-state index is 14.4. The van der Waals surface area contributed by atoms with Gasteiger partial charge in [0.05, 0.1) is 0 Å². The highest BCUT2D eigenvalue weighted by atomic mass is 19.1. The van der Waals surface area contributed by atoms with Crippen molar-refractivity contribution >= 4 is 17.1 Å². The molecule has 0 unspecified atom stereocenters. The van der Waals surface area contributed by atoms with Crippen LogP contribution in [0.25, 0.3) is 0 Å². The second-order valence-corrected chi connectivity index (χ2v) is 5.86. The standard InChI is InChI=1S/C18H21F2N3/c19-16-10-15(22-14-6-4-13(12-21)5-7-14)11-17(20)18(16)23-8-2-1-3-9-23/h4-7,10-11,22H,1-3,8-9,12,21H2. The number of nitrogens with zero attached hydrogens (tertiary/aromatic N) is 1. The summed E-state index contributed by atoms with van der Waals surface area (Å²) in [4.78, 5) is 1.80. The third kappa shape index (κ3) is 3.62. The summed E-state index contributed by atoms with van der Waals surface area (Å²) in [5.41, 5.74) is 7.83.